The Bertz CT molecular complexity index is 110. The summed E-state index contributed by atoms with van der Waals surface area (Å²) in [5, 5.41) is 6.58. The van der Waals surface area contributed by atoms with Crippen molar-refractivity contribution >= 4 is 0 Å². The molecule has 0 amide bonds. The van der Waals surface area contributed by atoms with Gasteiger partial charge in [-0.3, -0.25) is 0 Å². The van der Waals surface area contributed by atoms with Crippen LogP contribution in [0.5, 0.6) is 0 Å². The monoisotopic (exact) mass is 170 g/mol. The predicted molar refractivity (Wildman–Crippen MR) is 55.4 cm³/mol. The standard InChI is InChI=1S/C10H22N2/c1-5-10(12-9(2)3)7-6-8-11-4/h5,9-12H,1,6-8H2,2-4H3. The molecule has 2 heteroatoms. The van der Waals surface area contributed by atoms with Gasteiger partial charge in [-0.05, 0) is 26.4 Å². The zero-order valence-electron chi connectivity index (χ0n) is 8.56. The van der Waals surface area contributed by atoms with Crippen molar-refractivity contribution < 1.29 is 0 Å². The van der Waals surface area contributed by atoms with Gasteiger partial charge in [0, 0.05) is 12.1 Å². The Morgan fingerprint density at radius 1 is 1.42 bits per heavy atom. The van der Waals surface area contributed by atoms with Crippen LogP contribution in [0.1, 0.15) is 26.7 Å². The molecule has 0 aromatic heterocycles. The van der Waals surface area contributed by atoms with Crippen molar-refractivity contribution in [1.82, 2.24) is 10.6 Å². The van der Waals surface area contributed by atoms with Gasteiger partial charge in [-0.1, -0.05) is 19.9 Å². The van der Waals surface area contributed by atoms with Crippen LogP contribution >= 0.6 is 0 Å². The van der Waals surface area contributed by atoms with Gasteiger partial charge in [0.15, 0.2) is 0 Å². The molecule has 2 N–H and O–H groups in total. The van der Waals surface area contributed by atoms with Crippen molar-refractivity contribution in [3.8, 4) is 0 Å². The molecule has 0 aromatic carbocycles. The average Bonchev–Trinajstić information content (AvgIpc) is 2.02. The molecule has 12 heavy (non-hydrogen) atoms. The minimum atomic E-state index is 0.471. The highest BCUT2D eigenvalue weighted by atomic mass is 14.9. The zero-order chi connectivity index (χ0) is 9.40. The van der Waals surface area contributed by atoms with E-state index in [9.17, 15) is 0 Å². The van der Waals surface area contributed by atoms with Gasteiger partial charge >= 0.3 is 0 Å². The maximum atomic E-state index is 3.81. The molecule has 0 saturated heterocycles. The lowest BCUT2D eigenvalue weighted by molar-refractivity contribution is 0.483. The largest absolute Gasteiger partial charge is 0.320 e. The Labute approximate surface area is 76.4 Å². The van der Waals surface area contributed by atoms with E-state index < -0.39 is 0 Å². The van der Waals surface area contributed by atoms with Gasteiger partial charge in [0.05, 0.1) is 0 Å². The molecule has 2 nitrogen and oxygen atoms in total. The molecule has 0 saturated carbocycles. The second-order valence-electron chi connectivity index (χ2n) is 3.41. The first-order valence-electron chi connectivity index (χ1n) is 4.74. The second kappa shape index (κ2) is 7.32. The summed E-state index contributed by atoms with van der Waals surface area (Å²) < 4.78 is 0. The van der Waals surface area contributed by atoms with Crippen molar-refractivity contribution in [3.05, 3.63) is 12.7 Å². The van der Waals surface area contributed by atoms with E-state index in [1.807, 2.05) is 13.1 Å². The molecule has 0 radical (unpaired) electrons. The summed E-state index contributed by atoms with van der Waals surface area (Å²) in [7, 11) is 1.98. The Morgan fingerprint density at radius 3 is 2.50 bits per heavy atom. The molecule has 0 aliphatic heterocycles. The average molecular weight is 170 g/mol. The number of hydrogen-bond acceptors (Lipinski definition) is 2. The smallest absolute Gasteiger partial charge is 0.0250 e. The lowest BCUT2D eigenvalue weighted by atomic mass is 10.1. The molecule has 0 spiro atoms. The third-order valence-electron chi connectivity index (χ3n) is 1.77. The van der Waals surface area contributed by atoms with E-state index in [1.165, 1.54) is 12.8 Å². The van der Waals surface area contributed by atoms with Crippen molar-refractivity contribution in [2.45, 2.75) is 38.8 Å². The predicted octanol–water partition coefficient (Wildman–Crippen LogP) is 1.54. The number of nitrogens with one attached hydrogen (secondary N) is 2. The third-order valence-corrected chi connectivity index (χ3v) is 1.77. The number of rotatable bonds is 7. The molecule has 0 fully saturated rings. The first-order valence-corrected chi connectivity index (χ1v) is 4.74. The molecule has 0 aliphatic carbocycles. The molecule has 0 bridgehead atoms. The minimum Gasteiger partial charge on any atom is -0.320 e. The summed E-state index contributed by atoms with van der Waals surface area (Å²) in [6.45, 7) is 9.22. The quantitative estimate of drug-likeness (QED) is 0.447. The normalized spacial score (nSPS) is 13.3. The van der Waals surface area contributed by atoms with Crippen LogP contribution in [0.3, 0.4) is 0 Å². The van der Waals surface area contributed by atoms with Gasteiger partial charge in [0.2, 0.25) is 0 Å². The third kappa shape index (κ3) is 6.38. The van der Waals surface area contributed by atoms with Crippen molar-refractivity contribution in [2.24, 2.45) is 0 Å². The Kier molecular flexibility index (Phi) is 7.11. The van der Waals surface area contributed by atoms with Crippen molar-refractivity contribution in [2.75, 3.05) is 13.6 Å². The van der Waals surface area contributed by atoms with Crippen LogP contribution in [0, 0.1) is 0 Å². The van der Waals surface area contributed by atoms with Gasteiger partial charge in [0.25, 0.3) is 0 Å². The van der Waals surface area contributed by atoms with Crippen molar-refractivity contribution in [3.63, 3.8) is 0 Å². The summed E-state index contributed by atoms with van der Waals surface area (Å²) >= 11 is 0. The maximum Gasteiger partial charge on any atom is 0.0250 e. The summed E-state index contributed by atoms with van der Waals surface area (Å²) in [5.74, 6) is 0. The van der Waals surface area contributed by atoms with Crippen LogP contribution in [-0.2, 0) is 0 Å². The van der Waals surface area contributed by atoms with Crippen LogP contribution in [0.4, 0.5) is 0 Å². The Morgan fingerprint density at radius 2 is 2.08 bits per heavy atom. The van der Waals surface area contributed by atoms with Crippen LogP contribution in [0.15, 0.2) is 12.7 Å². The fourth-order valence-electron chi connectivity index (χ4n) is 1.20. The van der Waals surface area contributed by atoms with Gasteiger partial charge in [0.1, 0.15) is 0 Å². The summed E-state index contributed by atoms with van der Waals surface area (Å²) in [5.41, 5.74) is 0. The fraction of sp³-hybridized carbons (Fsp3) is 0.800. The highest BCUT2D eigenvalue weighted by Crippen LogP contribution is 1.98. The van der Waals surface area contributed by atoms with Crippen LogP contribution in [0.25, 0.3) is 0 Å². The molecule has 0 aliphatic rings. The molecule has 0 heterocycles. The highest BCUT2D eigenvalue weighted by Gasteiger charge is 2.03. The van der Waals surface area contributed by atoms with E-state index >= 15 is 0 Å². The second-order valence-corrected chi connectivity index (χ2v) is 3.41. The van der Waals surface area contributed by atoms with Gasteiger partial charge in [-0.2, -0.15) is 0 Å². The molecular formula is C10H22N2. The van der Waals surface area contributed by atoms with Crippen molar-refractivity contribution in [1.29, 1.82) is 0 Å². The summed E-state index contributed by atoms with van der Waals surface area (Å²) in [6.07, 6.45) is 4.37. The van der Waals surface area contributed by atoms with Crippen LogP contribution in [-0.4, -0.2) is 25.7 Å². The topological polar surface area (TPSA) is 24.1 Å². The maximum absolute atomic E-state index is 3.81. The molecule has 1 unspecified atom stereocenters. The van der Waals surface area contributed by atoms with E-state index in [4.69, 9.17) is 0 Å². The van der Waals surface area contributed by atoms with Crippen LogP contribution < -0.4 is 10.6 Å². The highest BCUT2D eigenvalue weighted by molar-refractivity contribution is 4.86. The molecular weight excluding hydrogens is 148 g/mol. The van der Waals surface area contributed by atoms with E-state index in [1.54, 1.807) is 0 Å². The van der Waals surface area contributed by atoms with Gasteiger partial charge < -0.3 is 10.6 Å². The van der Waals surface area contributed by atoms with Crippen LogP contribution in [0.2, 0.25) is 0 Å². The van der Waals surface area contributed by atoms with Gasteiger partial charge in [-0.15, -0.1) is 6.58 Å². The zero-order valence-corrected chi connectivity index (χ0v) is 8.56. The molecule has 0 aromatic rings. The molecule has 0 rings (SSSR count). The summed E-state index contributed by atoms with van der Waals surface area (Å²) in [6, 6.07) is 1.01. The summed E-state index contributed by atoms with van der Waals surface area (Å²) in [4.78, 5) is 0. The van der Waals surface area contributed by atoms with E-state index in [0.29, 0.717) is 12.1 Å². The Hall–Kier alpha value is -0.340. The van der Waals surface area contributed by atoms with Gasteiger partial charge in [-0.25, -0.2) is 0 Å². The minimum absolute atomic E-state index is 0.471. The lowest BCUT2D eigenvalue weighted by Crippen LogP contribution is -2.33. The first-order chi connectivity index (χ1) is 5.70. The lowest BCUT2D eigenvalue weighted by Gasteiger charge is -2.17. The van der Waals surface area contributed by atoms with E-state index in [2.05, 4.69) is 31.1 Å². The molecule has 72 valence electrons. The van der Waals surface area contributed by atoms with E-state index in [0.717, 1.165) is 6.54 Å². The fourth-order valence-corrected chi connectivity index (χ4v) is 1.20. The number of hydrogen-bond donors (Lipinski definition) is 2. The Balaban J connectivity index is 3.46. The van der Waals surface area contributed by atoms with E-state index in [-0.39, 0.29) is 0 Å². The SMILES string of the molecule is C=CC(CCCNC)NC(C)C. The molecule has 1 atom stereocenters. The first kappa shape index (κ1) is 11.7.